The average Bonchev–Trinajstić information content (AvgIpc) is 3.31. The van der Waals surface area contributed by atoms with Gasteiger partial charge in [0.05, 0.1) is 0 Å². The Morgan fingerprint density at radius 2 is 1.57 bits per heavy atom. The highest BCUT2D eigenvalue weighted by atomic mass is 14.6. The largest absolute Gasteiger partial charge is 0.0622 e. The van der Waals surface area contributed by atoms with Crippen molar-refractivity contribution in [1.29, 1.82) is 0 Å². The normalized spacial score (nSPS) is 24.1. The second-order valence-corrected chi connectivity index (χ2v) is 6.02. The third-order valence-corrected chi connectivity index (χ3v) is 5.01. The maximum Gasteiger partial charge on any atom is 0.00626 e. The quantitative estimate of drug-likeness (QED) is 0.591. The first kappa shape index (κ1) is 12.6. The molecule has 3 aromatic rings. The minimum Gasteiger partial charge on any atom is -0.0622 e. The Balaban J connectivity index is 1.84. The van der Waals surface area contributed by atoms with Crippen LogP contribution in [0.15, 0.2) is 72.8 Å². The average molecular weight is 271 g/mol. The van der Waals surface area contributed by atoms with Gasteiger partial charge in [0.25, 0.3) is 0 Å². The van der Waals surface area contributed by atoms with Gasteiger partial charge in [-0.15, -0.1) is 0 Å². The molecule has 1 aliphatic rings. The first-order valence-corrected chi connectivity index (χ1v) is 7.69. The summed E-state index contributed by atoms with van der Waals surface area (Å²) in [6, 6.07) is 26.4. The van der Waals surface area contributed by atoms with Crippen LogP contribution < -0.4 is 0 Å². The topological polar surface area (TPSA) is 0 Å². The summed E-state index contributed by atoms with van der Waals surface area (Å²) >= 11 is 0. The Kier molecular flexibility index (Phi) is 2.85. The van der Waals surface area contributed by atoms with Crippen LogP contribution in [-0.4, -0.2) is 0 Å². The Morgan fingerprint density at radius 1 is 0.857 bits per heavy atom. The lowest BCUT2D eigenvalue weighted by Crippen LogP contribution is -2.09. The molecule has 2 atom stereocenters. The van der Waals surface area contributed by atoms with Crippen molar-refractivity contribution >= 4 is 10.8 Å². The SMILES string of the molecule is C[CH]C1(c2cccc3ccccc23)CC1c1ccccc1. The summed E-state index contributed by atoms with van der Waals surface area (Å²) in [6.07, 6.45) is 3.63. The second-order valence-electron chi connectivity index (χ2n) is 6.02. The monoisotopic (exact) mass is 271 g/mol. The summed E-state index contributed by atoms with van der Waals surface area (Å²) in [7, 11) is 0. The van der Waals surface area contributed by atoms with Crippen LogP contribution in [0.2, 0.25) is 0 Å². The van der Waals surface area contributed by atoms with E-state index >= 15 is 0 Å². The van der Waals surface area contributed by atoms with Crippen LogP contribution in [-0.2, 0) is 5.41 Å². The predicted molar refractivity (Wildman–Crippen MR) is 89.4 cm³/mol. The van der Waals surface area contributed by atoms with Crippen molar-refractivity contribution in [3.63, 3.8) is 0 Å². The van der Waals surface area contributed by atoms with Gasteiger partial charge in [-0.1, -0.05) is 79.7 Å². The Hall–Kier alpha value is -2.08. The van der Waals surface area contributed by atoms with E-state index in [-0.39, 0.29) is 5.41 Å². The van der Waals surface area contributed by atoms with Gasteiger partial charge in [-0.05, 0) is 40.7 Å². The van der Waals surface area contributed by atoms with Gasteiger partial charge in [0.1, 0.15) is 0 Å². The molecular weight excluding hydrogens is 252 g/mol. The number of rotatable bonds is 3. The molecule has 0 bridgehead atoms. The van der Waals surface area contributed by atoms with Crippen molar-refractivity contribution < 1.29 is 0 Å². The fourth-order valence-corrected chi connectivity index (χ4v) is 3.78. The minimum absolute atomic E-state index is 0.211. The van der Waals surface area contributed by atoms with Gasteiger partial charge < -0.3 is 0 Å². The number of fused-ring (bicyclic) bond motifs is 1. The zero-order chi connectivity index (χ0) is 14.3. The van der Waals surface area contributed by atoms with Crippen LogP contribution in [0.25, 0.3) is 10.8 Å². The summed E-state index contributed by atoms with van der Waals surface area (Å²) < 4.78 is 0. The van der Waals surface area contributed by atoms with Crippen LogP contribution in [0.5, 0.6) is 0 Å². The highest BCUT2D eigenvalue weighted by molar-refractivity contribution is 5.87. The molecule has 1 aliphatic carbocycles. The zero-order valence-corrected chi connectivity index (χ0v) is 12.3. The molecule has 21 heavy (non-hydrogen) atoms. The Labute approximate surface area is 126 Å². The molecule has 4 rings (SSSR count). The van der Waals surface area contributed by atoms with Crippen LogP contribution >= 0.6 is 0 Å². The van der Waals surface area contributed by atoms with E-state index in [4.69, 9.17) is 0 Å². The molecule has 103 valence electrons. The van der Waals surface area contributed by atoms with Gasteiger partial charge in [-0.3, -0.25) is 0 Å². The van der Waals surface area contributed by atoms with Gasteiger partial charge in [0, 0.05) is 5.41 Å². The first-order chi connectivity index (χ1) is 10.3. The summed E-state index contributed by atoms with van der Waals surface area (Å²) in [5.41, 5.74) is 3.16. The smallest absolute Gasteiger partial charge is 0.00626 e. The molecule has 0 amide bonds. The van der Waals surface area contributed by atoms with E-state index in [0.717, 1.165) is 0 Å². The summed E-state index contributed by atoms with van der Waals surface area (Å²) in [5, 5.41) is 2.74. The van der Waals surface area contributed by atoms with E-state index in [2.05, 4.69) is 86.1 Å². The van der Waals surface area contributed by atoms with E-state index in [1.807, 2.05) is 0 Å². The third kappa shape index (κ3) is 1.90. The van der Waals surface area contributed by atoms with Crippen molar-refractivity contribution in [1.82, 2.24) is 0 Å². The fourth-order valence-electron chi connectivity index (χ4n) is 3.78. The summed E-state index contributed by atoms with van der Waals surface area (Å²) in [5.74, 6) is 0.620. The Bertz CT molecular complexity index is 767. The van der Waals surface area contributed by atoms with Crippen molar-refractivity contribution in [3.05, 3.63) is 90.3 Å². The maximum atomic E-state index is 2.41. The molecule has 1 radical (unpaired) electrons. The molecule has 0 heteroatoms. The van der Waals surface area contributed by atoms with Gasteiger partial charge in [0.2, 0.25) is 0 Å². The molecule has 0 N–H and O–H groups in total. The third-order valence-electron chi connectivity index (χ3n) is 5.01. The van der Waals surface area contributed by atoms with Gasteiger partial charge in [-0.2, -0.15) is 0 Å². The van der Waals surface area contributed by atoms with Gasteiger partial charge in [0.15, 0.2) is 0 Å². The summed E-state index contributed by atoms with van der Waals surface area (Å²) in [6.45, 7) is 2.21. The molecule has 0 saturated heterocycles. The van der Waals surface area contributed by atoms with Crippen molar-refractivity contribution in [2.24, 2.45) is 0 Å². The van der Waals surface area contributed by atoms with Gasteiger partial charge in [-0.25, -0.2) is 0 Å². The van der Waals surface area contributed by atoms with E-state index in [1.165, 1.54) is 28.3 Å². The van der Waals surface area contributed by atoms with Gasteiger partial charge >= 0.3 is 0 Å². The molecule has 0 spiro atoms. The maximum absolute atomic E-state index is 2.41. The predicted octanol–water partition coefficient (Wildman–Crippen LogP) is 5.49. The lowest BCUT2D eigenvalue weighted by Gasteiger charge is -2.18. The molecule has 0 aromatic heterocycles. The standard InChI is InChI=1S/C21H19/c1-2-21(15-20(21)17-10-4-3-5-11-17)19-14-8-12-16-9-6-7-13-18(16)19/h2-14,20H,15H2,1H3. The lowest BCUT2D eigenvalue weighted by atomic mass is 9.85. The van der Waals surface area contributed by atoms with E-state index in [0.29, 0.717) is 5.92 Å². The van der Waals surface area contributed by atoms with Crippen molar-refractivity contribution in [3.8, 4) is 0 Å². The molecule has 1 saturated carbocycles. The highest BCUT2D eigenvalue weighted by Gasteiger charge is 2.54. The van der Waals surface area contributed by atoms with Crippen LogP contribution in [0.4, 0.5) is 0 Å². The fraction of sp³-hybridized carbons (Fsp3) is 0.190. The molecule has 0 heterocycles. The van der Waals surface area contributed by atoms with Crippen LogP contribution in [0, 0.1) is 6.42 Å². The first-order valence-electron chi connectivity index (χ1n) is 7.69. The Morgan fingerprint density at radius 3 is 2.38 bits per heavy atom. The zero-order valence-electron chi connectivity index (χ0n) is 12.3. The molecule has 2 unspecified atom stereocenters. The van der Waals surface area contributed by atoms with E-state index in [9.17, 15) is 0 Å². The lowest BCUT2D eigenvalue weighted by molar-refractivity contribution is 0.780. The minimum atomic E-state index is 0.211. The summed E-state index contributed by atoms with van der Waals surface area (Å²) in [4.78, 5) is 0. The van der Waals surface area contributed by atoms with Crippen LogP contribution in [0.1, 0.15) is 30.4 Å². The molecular formula is C21H19. The number of hydrogen-bond donors (Lipinski definition) is 0. The highest BCUT2D eigenvalue weighted by Crippen LogP contribution is 2.63. The molecule has 3 aromatic carbocycles. The molecule has 0 nitrogen and oxygen atoms in total. The van der Waals surface area contributed by atoms with Crippen molar-refractivity contribution in [2.75, 3.05) is 0 Å². The number of benzene rings is 3. The second kappa shape index (κ2) is 4.73. The molecule has 1 fully saturated rings. The van der Waals surface area contributed by atoms with Crippen molar-refractivity contribution in [2.45, 2.75) is 24.7 Å². The molecule has 0 aliphatic heterocycles. The van der Waals surface area contributed by atoms with E-state index in [1.54, 1.807) is 0 Å². The number of hydrogen-bond acceptors (Lipinski definition) is 0. The van der Waals surface area contributed by atoms with E-state index < -0.39 is 0 Å². The van der Waals surface area contributed by atoms with Crippen LogP contribution in [0.3, 0.4) is 0 Å².